The second kappa shape index (κ2) is 10.4. The van der Waals surface area contributed by atoms with Gasteiger partial charge in [-0.05, 0) is 54.4 Å². The summed E-state index contributed by atoms with van der Waals surface area (Å²) in [6.45, 7) is 2.28. The van der Waals surface area contributed by atoms with Gasteiger partial charge in [0.05, 0.1) is 12.2 Å². The molecule has 2 heterocycles. The molecule has 184 valence electrons. The number of allylic oxidation sites excluding steroid dienone is 2. The van der Waals surface area contributed by atoms with Crippen molar-refractivity contribution in [2.45, 2.75) is 19.0 Å². The molecule has 2 atom stereocenters. The highest BCUT2D eigenvalue weighted by molar-refractivity contribution is 6.30. The van der Waals surface area contributed by atoms with Crippen molar-refractivity contribution in [2.75, 3.05) is 5.32 Å². The molecule has 0 saturated heterocycles. The zero-order valence-corrected chi connectivity index (χ0v) is 21.1. The minimum absolute atomic E-state index is 0.271. The van der Waals surface area contributed by atoms with Crippen LogP contribution in [0.15, 0.2) is 121 Å². The molecule has 0 saturated carbocycles. The van der Waals surface area contributed by atoms with E-state index in [0.717, 1.165) is 22.5 Å². The van der Waals surface area contributed by atoms with E-state index < -0.39 is 17.4 Å². The number of anilines is 1. The van der Waals surface area contributed by atoms with Crippen LogP contribution in [0.25, 0.3) is 0 Å². The minimum Gasteiger partial charge on any atom is -0.354 e. The molecule has 1 aromatic heterocycles. The van der Waals surface area contributed by atoms with Crippen molar-refractivity contribution >= 4 is 29.0 Å². The van der Waals surface area contributed by atoms with Crippen molar-refractivity contribution in [3.05, 3.63) is 143 Å². The standard InChI is InChI=1S/C31H26ClN3O2/c1-22-19-28(36)29(30(37)34-26-15-6-3-7-16-26)31(23-11-4-2-5-12-23,24-13-10-14-25(32)20-24)35(22)21-27-17-8-9-18-33-27/h2-20,29H,21H2,1H3,(H,34,37). The summed E-state index contributed by atoms with van der Waals surface area (Å²) in [5.74, 6) is -1.76. The average Bonchev–Trinajstić information content (AvgIpc) is 2.91. The van der Waals surface area contributed by atoms with Crippen LogP contribution in [0, 0.1) is 5.92 Å². The van der Waals surface area contributed by atoms with Gasteiger partial charge in [-0.15, -0.1) is 0 Å². The third kappa shape index (κ3) is 4.66. The molecule has 2 unspecified atom stereocenters. The van der Waals surface area contributed by atoms with Crippen molar-refractivity contribution in [1.82, 2.24) is 9.88 Å². The van der Waals surface area contributed by atoms with Gasteiger partial charge >= 0.3 is 0 Å². The summed E-state index contributed by atoms with van der Waals surface area (Å²) in [7, 11) is 0. The summed E-state index contributed by atoms with van der Waals surface area (Å²) in [5, 5.41) is 3.51. The quantitative estimate of drug-likeness (QED) is 0.315. The second-order valence-corrected chi connectivity index (χ2v) is 9.46. The number of nitrogens with zero attached hydrogens (tertiary/aromatic N) is 2. The van der Waals surface area contributed by atoms with E-state index in [1.807, 2.05) is 104 Å². The van der Waals surface area contributed by atoms with E-state index in [1.165, 1.54) is 0 Å². The zero-order chi connectivity index (χ0) is 25.8. The monoisotopic (exact) mass is 507 g/mol. The fourth-order valence-corrected chi connectivity index (χ4v) is 5.38. The lowest BCUT2D eigenvalue weighted by molar-refractivity contribution is -0.135. The summed E-state index contributed by atoms with van der Waals surface area (Å²) >= 11 is 6.52. The molecule has 5 nitrogen and oxygen atoms in total. The zero-order valence-electron chi connectivity index (χ0n) is 20.3. The summed E-state index contributed by atoms with van der Waals surface area (Å²) in [5.41, 5.74) is 2.55. The maximum Gasteiger partial charge on any atom is 0.238 e. The molecular weight excluding hydrogens is 482 g/mol. The van der Waals surface area contributed by atoms with E-state index in [-0.39, 0.29) is 5.78 Å². The normalized spacial score (nSPS) is 19.3. The molecule has 3 aromatic carbocycles. The van der Waals surface area contributed by atoms with E-state index in [0.29, 0.717) is 17.3 Å². The molecule has 0 fully saturated rings. The average molecular weight is 508 g/mol. The first-order chi connectivity index (χ1) is 18.0. The number of hydrogen-bond acceptors (Lipinski definition) is 4. The topological polar surface area (TPSA) is 62.3 Å². The lowest BCUT2D eigenvalue weighted by Gasteiger charge is -2.52. The molecule has 0 radical (unpaired) electrons. The number of carbonyl (C=O) groups excluding carboxylic acids is 2. The van der Waals surface area contributed by atoms with Crippen LogP contribution in [0.4, 0.5) is 5.69 Å². The predicted molar refractivity (Wildman–Crippen MR) is 146 cm³/mol. The number of pyridine rings is 1. The molecule has 1 amide bonds. The number of ketones is 1. The van der Waals surface area contributed by atoms with Crippen molar-refractivity contribution in [3.8, 4) is 0 Å². The fraction of sp³-hybridized carbons (Fsp3) is 0.129. The van der Waals surface area contributed by atoms with Crippen molar-refractivity contribution < 1.29 is 9.59 Å². The van der Waals surface area contributed by atoms with Gasteiger partial charge < -0.3 is 10.2 Å². The Morgan fingerprint density at radius 3 is 2.27 bits per heavy atom. The Morgan fingerprint density at radius 2 is 1.59 bits per heavy atom. The largest absolute Gasteiger partial charge is 0.354 e. The van der Waals surface area contributed by atoms with Crippen molar-refractivity contribution in [2.24, 2.45) is 5.92 Å². The first-order valence-corrected chi connectivity index (χ1v) is 12.4. The number of aromatic nitrogens is 1. The highest BCUT2D eigenvalue weighted by atomic mass is 35.5. The van der Waals surface area contributed by atoms with Gasteiger partial charge in [0.15, 0.2) is 5.78 Å². The summed E-state index contributed by atoms with van der Waals surface area (Å²) < 4.78 is 0. The summed E-state index contributed by atoms with van der Waals surface area (Å²) in [4.78, 5) is 34.6. The van der Waals surface area contributed by atoms with E-state index in [9.17, 15) is 9.59 Å². The lowest BCUT2D eigenvalue weighted by Crippen LogP contribution is -2.59. The van der Waals surface area contributed by atoms with Gasteiger partial charge in [-0.25, -0.2) is 0 Å². The smallest absolute Gasteiger partial charge is 0.238 e. The van der Waals surface area contributed by atoms with Gasteiger partial charge in [0.25, 0.3) is 0 Å². The van der Waals surface area contributed by atoms with Gasteiger partial charge in [0.1, 0.15) is 11.5 Å². The highest BCUT2D eigenvalue weighted by Crippen LogP contribution is 2.49. The van der Waals surface area contributed by atoms with E-state index in [2.05, 4.69) is 15.2 Å². The Kier molecular flexibility index (Phi) is 6.89. The van der Waals surface area contributed by atoms with Gasteiger partial charge in [0, 0.05) is 28.7 Å². The molecule has 1 aliphatic heterocycles. The van der Waals surface area contributed by atoms with Gasteiger partial charge in [-0.2, -0.15) is 0 Å². The molecule has 6 heteroatoms. The number of halogens is 1. The van der Waals surface area contributed by atoms with Crippen LogP contribution >= 0.6 is 11.6 Å². The van der Waals surface area contributed by atoms with E-state index >= 15 is 0 Å². The third-order valence-electron chi connectivity index (χ3n) is 6.73. The molecule has 1 aliphatic rings. The van der Waals surface area contributed by atoms with E-state index in [1.54, 1.807) is 18.3 Å². The SMILES string of the molecule is CC1=CC(=O)C(C(=O)Nc2ccccc2)C(c2ccccc2)(c2cccc(Cl)c2)N1Cc1ccccn1. The van der Waals surface area contributed by atoms with Crippen LogP contribution in [-0.2, 0) is 21.7 Å². The third-order valence-corrected chi connectivity index (χ3v) is 6.97. The molecule has 0 aliphatic carbocycles. The second-order valence-electron chi connectivity index (χ2n) is 9.03. The van der Waals surface area contributed by atoms with Crippen LogP contribution in [0.3, 0.4) is 0 Å². The molecule has 37 heavy (non-hydrogen) atoms. The number of para-hydroxylation sites is 1. The lowest BCUT2D eigenvalue weighted by atomic mass is 9.67. The molecule has 0 bridgehead atoms. The first-order valence-electron chi connectivity index (χ1n) is 12.1. The van der Waals surface area contributed by atoms with Crippen LogP contribution in [0.2, 0.25) is 5.02 Å². The molecular formula is C31H26ClN3O2. The highest BCUT2D eigenvalue weighted by Gasteiger charge is 2.55. The Hall–Kier alpha value is -4.22. The molecule has 5 rings (SSSR count). The predicted octanol–water partition coefficient (Wildman–Crippen LogP) is 6.22. The summed E-state index contributed by atoms with van der Waals surface area (Å²) in [6, 6.07) is 32.0. The molecule has 0 spiro atoms. The Bertz CT molecular complexity index is 1440. The van der Waals surface area contributed by atoms with Crippen molar-refractivity contribution in [3.63, 3.8) is 0 Å². The van der Waals surface area contributed by atoms with Crippen molar-refractivity contribution in [1.29, 1.82) is 0 Å². The minimum atomic E-state index is -1.18. The van der Waals surface area contributed by atoms with Crippen LogP contribution in [0.5, 0.6) is 0 Å². The first kappa shape index (κ1) is 24.5. The Morgan fingerprint density at radius 1 is 0.919 bits per heavy atom. The van der Waals surface area contributed by atoms with Crippen LogP contribution in [0.1, 0.15) is 23.7 Å². The van der Waals surface area contributed by atoms with E-state index in [4.69, 9.17) is 11.6 Å². The maximum atomic E-state index is 14.1. The molecule has 4 aromatic rings. The number of nitrogens with one attached hydrogen (secondary N) is 1. The fourth-order valence-electron chi connectivity index (χ4n) is 5.19. The number of amides is 1. The number of hydrogen-bond donors (Lipinski definition) is 1. The number of benzene rings is 3. The van der Waals surface area contributed by atoms with Crippen LogP contribution in [-0.4, -0.2) is 21.6 Å². The maximum absolute atomic E-state index is 14.1. The molecule has 1 N–H and O–H groups in total. The summed E-state index contributed by atoms with van der Waals surface area (Å²) in [6.07, 6.45) is 3.30. The number of carbonyl (C=O) groups is 2. The number of rotatable bonds is 6. The van der Waals surface area contributed by atoms with Gasteiger partial charge in [-0.3, -0.25) is 14.6 Å². The van der Waals surface area contributed by atoms with Gasteiger partial charge in [-0.1, -0.05) is 78.3 Å². The van der Waals surface area contributed by atoms with Gasteiger partial charge in [0.2, 0.25) is 5.91 Å². The Balaban J connectivity index is 1.78. The Labute approximate surface area is 221 Å². The van der Waals surface area contributed by atoms with Crippen LogP contribution < -0.4 is 5.32 Å².